The fourth-order valence-electron chi connectivity index (χ4n) is 4.28. The second-order valence-electron chi connectivity index (χ2n) is 9.04. The minimum absolute atomic E-state index is 0.127. The highest BCUT2D eigenvalue weighted by atomic mass is 32.2. The topological polar surface area (TPSA) is 83.5 Å². The van der Waals surface area contributed by atoms with Gasteiger partial charge in [0.1, 0.15) is 15.9 Å². The maximum Gasteiger partial charge on any atom is 0.343 e. The first-order valence-corrected chi connectivity index (χ1v) is 12.4. The number of rotatable bonds is 6. The molecule has 0 aliphatic heterocycles. The molecule has 0 saturated heterocycles. The van der Waals surface area contributed by atoms with Gasteiger partial charge in [-0.1, -0.05) is 59.1 Å². The fraction of sp³-hybridized carbons (Fsp3) is 0.480. The van der Waals surface area contributed by atoms with E-state index in [1.54, 1.807) is 26.0 Å². The van der Waals surface area contributed by atoms with Gasteiger partial charge < -0.3 is 9.29 Å². The molecule has 1 fully saturated rings. The second-order valence-corrected chi connectivity index (χ2v) is 10.4. The number of ether oxygens (including phenoxy) is 1. The summed E-state index contributed by atoms with van der Waals surface area (Å²) in [6.45, 7) is 7.33. The number of hydrogen-bond acceptors (Lipinski definition) is 5. The largest absolute Gasteiger partial charge is 0.744 e. The van der Waals surface area contributed by atoms with Gasteiger partial charge in [-0.05, 0) is 71.6 Å². The molecule has 0 unspecified atom stereocenters. The van der Waals surface area contributed by atoms with Crippen molar-refractivity contribution in [2.45, 2.75) is 82.4 Å². The number of carbonyl (C=O) groups is 1. The Balaban J connectivity index is 1.90. The van der Waals surface area contributed by atoms with Crippen molar-refractivity contribution in [1.82, 2.24) is 0 Å². The Hall–Kier alpha value is -2.18. The highest BCUT2D eigenvalue weighted by Crippen LogP contribution is 2.36. The lowest BCUT2D eigenvalue weighted by Gasteiger charge is -2.22. The molecule has 0 N–H and O–H groups in total. The van der Waals surface area contributed by atoms with E-state index in [9.17, 15) is 17.8 Å². The highest BCUT2D eigenvalue weighted by Gasteiger charge is 2.22. The van der Waals surface area contributed by atoms with Crippen molar-refractivity contribution >= 4 is 16.1 Å². The third kappa shape index (κ3) is 5.55. The number of hydrogen-bond donors (Lipinski definition) is 0. The van der Waals surface area contributed by atoms with E-state index in [0.717, 1.165) is 0 Å². The van der Waals surface area contributed by atoms with Crippen molar-refractivity contribution in [2.75, 3.05) is 0 Å². The van der Waals surface area contributed by atoms with Crippen molar-refractivity contribution in [2.24, 2.45) is 0 Å². The Kier molecular flexibility index (Phi) is 7.22. The van der Waals surface area contributed by atoms with Crippen LogP contribution in [0.4, 0.5) is 0 Å². The molecule has 0 spiro atoms. The van der Waals surface area contributed by atoms with Gasteiger partial charge in [0.25, 0.3) is 0 Å². The molecule has 6 heteroatoms. The van der Waals surface area contributed by atoms with E-state index in [2.05, 4.69) is 0 Å². The molecular weight excluding hydrogens is 412 g/mol. The summed E-state index contributed by atoms with van der Waals surface area (Å²) in [5.41, 5.74) is 2.58. The van der Waals surface area contributed by atoms with Gasteiger partial charge in [-0.2, -0.15) is 0 Å². The van der Waals surface area contributed by atoms with Crippen LogP contribution in [0.15, 0.2) is 41.3 Å². The molecule has 3 rings (SSSR count). The molecule has 0 bridgehead atoms. The molecule has 0 atom stereocenters. The summed E-state index contributed by atoms with van der Waals surface area (Å²) in [7, 11) is -4.64. The molecule has 31 heavy (non-hydrogen) atoms. The van der Waals surface area contributed by atoms with Crippen molar-refractivity contribution in [1.29, 1.82) is 0 Å². The van der Waals surface area contributed by atoms with Crippen LogP contribution in [-0.4, -0.2) is 18.9 Å². The Morgan fingerprint density at radius 1 is 0.935 bits per heavy atom. The fourth-order valence-corrected chi connectivity index (χ4v) is 5.14. The molecule has 1 aliphatic carbocycles. The zero-order chi connectivity index (χ0) is 22.8. The molecular formula is C25H31O5S-. The van der Waals surface area contributed by atoms with Gasteiger partial charge in [-0.3, -0.25) is 0 Å². The Morgan fingerprint density at radius 2 is 1.52 bits per heavy atom. The first-order valence-electron chi connectivity index (χ1n) is 11.0. The van der Waals surface area contributed by atoms with E-state index in [4.69, 9.17) is 4.74 Å². The van der Waals surface area contributed by atoms with Crippen molar-refractivity contribution < 1.29 is 22.5 Å². The second kappa shape index (κ2) is 9.53. The van der Waals surface area contributed by atoms with E-state index in [-0.39, 0.29) is 16.7 Å². The van der Waals surface area contributed by atoms with Gasteiger partial charge in [0, 0.05) is 0 Å². The molecule has 1 aliphatic rings. The normalized spacial score (nSPS) is 15.5. The van der Waals surface area contributed by atoms with Crippen LogP contribution in [0, 0.1) is 0 Å². The summed E-state index contributed by atoms with van der Waals surface area (Å²) < 4.78 is 41.1. The van der Waals surface area contributed by atoms with Crippen molar-refractivity contribution in [3.63, 3.8) is 0 Å². The molecule has 1 saturated carbocycles. The average molecular weight is 444 g/mol. The lowest BCUT2D eigenvalue weighted by molar-refractivity contribution is 0.0732. The van der Waals surface area contributed by atoms with Gasteiger partial charge >= 0.3 is 5.97 Å². The molecule has 2 aromatic rings. The van der Waals surface area contributed by atoms with Gasteiger partial charge in [-0.15, -0.1) is 0 Å². The minimum Gasteiger partial charge on any atom is -0.744 e. The van der Waals surface area contributed by atoms with Crippen LogP contribution in [0.2, 0.25) is 0 Å². The Labute approximate surface area is 185 Å². The predicted molar refractivity (Wildman–Crippen MR) is 120 cm³/mol. The van der Waals surface area contributed by atoms with E-state index >= 15 is 0 Å². The van der Waals surface area contributed by atoms with Gasteiger partial charge in [0.15, 0.2) is 0 Å². The predicted octanol–water partition coefficient (Wildman–Crippen LogP) is 6.10. The molecule has 0 aromatic heterocycles. The summed E-state index contributed by atoms with van der Waals surface area (Å²) >= 11 is 0. The lowest BCUT2D eigenvalue weighted by atomic mass is 9.84. The van der Waals surface area contributed by atoms with Crippen LogP contribution >= 0.6 is 0 Å². The van der Waals surface area contributed by atoms with Crippen LogP contribution < -0.4 is 4.74 Å². The van der Waals surface area contributed by atoms with Gasteiger partial charge in [0.05, 0.1) is 10.5 Å². The van der Waals surface area contributed by atoms with E-state index in [1.165, 1.54) is 49.8 Å². The molecule has 0 radical (unpaired) electrons. The lowest BCUT2D eigenvalue weighted by Crippen LogP contribution is -2.13. The van der Waals surface area contributed by atoms with Crippen molar-refractivity contribution in [3.8, 4) is 5.75 Å². The quantitative estimate of drug-likeness (QED) is 0.306. The molecule has 2 aromatic carbocycles. The van der Waals surface area contributed by atoms with E-state index in [0.29, 0.717) is 28.4 Å². The monoisotopic (exact) mass is 443 g/mol. The molecule has 0 heterocycles. The summed E-state index contributed by atoms with van der Waals surface area (Å²) in [4.78, 5) is 12.6. The zero-order valence-corrected chi connectivity index (χ0v) is 19.5. The highest BCUT2D eigenvalue weighted by molar-refractivity contribution is 7.85. The summed E-state index contributed by atoms with van der Waals surface area (Å²) in [5.74, 6) is 0.0175. The molecule has 0 amide bonds. The summed E-state index contributed by atoms with van der Waals surface area (Å²) in [6, 6.07) is 10.5. The van der Waals surface area contributed by atoms with Crippen LogP contribution in [0.25, 0.3) is 0 Å². The summed E-state index contributed by atoms with van der Waals surface area (Å²) in [6.07, 6.45) is 6.17. The van der Waals surface area contributed by atoms with Crippen LogP contribution in [0.5, 0.6) is 5.75 Å². The standard InChI is InChI=1S/C25H32O5S/c1-16(2)21-15-24(31(27,28)29)22(17(3)4)14-23(21)30-25(26)20-12-10-19(11-13-20)18-8-6-5-7-9-18/h10-18H,5-9H2,1-4H3,(H,27,28,29)/p-1. The zero-order valence-electron chi connectivity index (χ0n) is 18.7. The minimum atomic E-state index is -4.64. The van der Waals surface area contributed by atoms with Crippen LogP contribution in [0.1, 0.15) is 105 Å². The number of benzene rings is 2. The molecule has 5 nitrogen and oxygen atoms in total. The van der Waals surface area contributed by atoms with Crippen LogP contribution in [-0.2, 0) is 10.1 Å². The van der Waals surface area contributed by atoms with Gasteiger partial charge in [-0.25, -0.2) is 13.2 Å². The third-order valence-corrected chi connectivity index (χ3v) is 6.97. The maximum atomic E-state index is 12.8. The molecule has 168 valence electrons. The van der Waals surface area contributed by atoms with E-state index < -0.39 is 16.1 Å². The van der Waals surface area contributed by atoms with Crippen LogP contribution in [0.3, 0.4) is 0 Å². The first-order chi connectivity index (χ1) is 14.6. The third-order valence-electron chi connectivity index (χ3n) is 6.08. The van der Waals surface area contributed by atoms with E-state index in [1.807, 2.05) is 26.0 Å². The SMILES string of the molecule is CC(C)c1cc(S(=O)(=O)[O-])c(C(C)C)cc1OC(=O)c1ccc(C2CCCCC2)cc1. The first kappa shape index (κ1) is 23.5. The maximum absolute atomic E-state index is 12.8. The summed E-state index contributed by atoms with van der Waals surface area (Å²) in [5, 5.41) is 0. The number of esters is 1. The number of carbonyl (C=O) groups excluding carboxylic acids is 1. The Bertz CT molecular complexity index is 1030. The van der Waals surface area contributed by atoms with Gasteiger partial charge in [0.2, 0.25) is 0 Å². The average Bonchev–Trinajstić information content (AvgIpc) is 2.73. The van der Waals surface area contributed by atoms with Crippen molar-refractivity contribution in [3.05, 3.63) is 58.7 Å². The smallest absolute Gasteiger partial charge is 0.343 e. The Morgan fingerprint density at radius 3 is 2.03 bits per heavy atom.